The molecular weight excluding hydrogens is 300 g/mol. The Bertz CT molecular complexity index is 601. The van der Waals surface area contributed by atoms with Crippen molar-refractivity contribution < 1.29 is 4.74 Å². The highest BCUT2D eigenvalue weighted by molar-refractivity contribution is 5.64. The molecule has 0 saturated carbocycles. The summed E-state index contributed by atoms with van der Waals surface area (Å²) in [6, 6.07) is 8.54. The molecule has 3 rings (SSSR count). The lowest BCUT2D eigenvalue weighted by Crippen LogP contribution is -2.33. The molecule has 0 spiro atoms. The Balaban J connectivity index is 0.000000185. The van der Waals surface area contributed by atoms with Crippen LogP contribution in [0.25, 0.3) is 11.4 Å². The minimum atomic E-state index is 0.722. The van der Waals surface area contributed by atoms with E-state index >= 15 is 0 Å². The summed E-state index contributed by atoms with van der Waals surface area (Å²) in [6.07, 6.45) is 3.11. The quantitative estimate of drug-likeness (QED) is 0.908. The molecule has 1 saturated heterocycles. The van der Waals surface area contributed by atoms with Gasteiger partial charge in [-0.3, -0.25) is 4.90 Å². The fraction of sp³-hybridized carbons (Fsp3) is 0.526. The Hall–Kier alpha value is -1.85. The monoisotopic (exact) mass is 330 g/mol. The average molecular weight is 330 g/mol. The lowest BCUT2D eigenvalue weighted by Gasteiger charge is -2.23. The second-order valence-corrected chi connectivity index (χ2v) is 6.35. The Morgan fingerprint density at radius 3 is 2.62 bits per heavy atom. The van der Waals surface area contributed by atoms with Gasteiger partial charge in [-0.25, -0.2) is 4.98 Å². The van der Waals surface area contributed by atoms with E-state index in [-0.39, 0.29) is 0 Å². The molecule has 1 fully saturated rings. The molecule has 2 N–H and O–H groups in total. The van der Waals surface area contributed by atoms with Gasteiger partial charge in [0.05, 0.1) is 12.7 Å². The van der Waals surface area contributed by atoms with E-state index in [0.29, 0.717) is 0 Å². The molecule has 2 aromatic rings. The van der Waals surface area contributed by atoms with E-state index in [0.717, 1.165) is 35.4 Å². The third-order valence-electron chi connectivity index (χ3n) is 4.17. The van der Waals surface area contributed by atoms with Gasteiger partial charge in [0.25, 0.3) is 0 Å². The number of para-hydroxylation sites is 1. The van der Waals surface area contributed by atoms with E-state index in [1.165, 1.54) is 26.1 Å². The summed E-state index contributed by atoms with van der Waals surface area (Å²) in [4.78, 5) is 9.96. The van der Waals surface area contributed by atoms with Gasteiger partial charge in [-0.1, -0.05) is 12.1 Å². The van der Waals surface area contributed by atoms with Crippen molar-refractivity contribution in [1.29, 1.82) is 0 Å². The molecule has 1 aliphatic rings. The zero-order chi connectivity index (χ0) is 17.4. The van der Waals surface area contributed by atoms with Crippen LogP contribution in [0, 0.1) is 6.92 Å². The standard InChI is InChI=1S/C11H12N2O.C8H18N2/c1-8-7-12-11(13-8)9-5-3-4-6-10(9)14-2;1-8(2)10-6-3-4-9-5-7-10/h3-7H,1-2H3,(H,12,13);8-9H,3-7H2,1-2H3. The van der Waals surface area contributed by atoms with Crippen molar-refractivity contribution in [3.63, 3.8) is 0 Å². The van der Waals surface area contributed by atoms with Gasteiger partial charge in [0, 0.05) is 31.0 Å². The van der Waals surface area contributed by atoms with Gasteiger partial charge in [0.1, 0.15) is 11.6 Å². The molecule has 5 nitrogen and oxygen atoms in total. The minimum Gasteiger partial charge on any atom is -0.496 e. The van der Waals surface area contributed by atoms with E-state index in [4.69, 9.17) is 4.74 Å². The molecule has 0 unspecified atom stereocenters. The first-order valence-corrected chi connectivity index (χ1v) is 8.71. The normalized spacial score (nSPS) is 15.5. The van der Waals surface area contributed by atoms with Crippen LogP contribution < -0.4 is 10.1 Å². The summed E-state index contributed by atoms with van der Waals surface area (Å²) in [5.41, 5.74) is 2.04. The van der Waals surface area contributed by atoms with Crippen LogP contribution in [0.4, 0.5) is 0 Å². The van der Waals surface area contributed by atoms with Gasteiger partial charge in [-0.05, 0) is 52.4 Å². The number of ether oxygens (including phenoxy) is 1. The smallest absolute Gasteiger partial charge is 0.141 e. The van der Waals surface area contributed by atoms with Crippen LogP contribution >= 0.6 is 0 Å². The summed E-state index contributed by atoms with van der Waals surface area (Å²) in [6.45, 7) is 11.4. The van der Waals surface area contributed by atoms with Gasteiger partial charge >= 0.3 is 0 Å². The number of aromatic amines is 1. The Kier molecular flexibility index (Phi) is 7.28. The molecule has 24 heavy (non-hydrogen) atoms. The fourth-order valence-corrected chi connectivity index (χ4v) is 2.77. The van der Waals surface area contributed by atoms with E-state index in [1.54, 1.807) is 7.11 Å². The van der Waals surface area contributed by atoms with Crippen molar-refractivity contribution in [3.05, 3.63) is 36.2 Å². The second kappa shape index (κ2) is 9.45. The third kappa shape index (κ3) is 5.35. The topological polar surface area (TPSA) is 53.2 Å². The third-order valence-corrected chi connectivity index (χ3v) is 4.17. The highest BCUT2D eigenvalue weighted by Gasteiger charge is 2.10. The maximum atomic E-state index is 5.25. The molecule has 0 amide bonds. The van der Waals surface area contributed by atoms with Crippen LogP contribution in [0.3, 0.4) is 0 Å². The molecule has 1 aromatic heterocycles. The number of methoxy groups -OCH3 is 1. The number of imidazole rings is 1. The number of hydrogen-bond donors (Lipinski definition) is 2. The maximum absolute atomic E-state index is 5.25. The van der Waals surface area contributed by atoms with E-state index in [1.807, 2.05) is 37.4 Å². The highest BCUT2D eigenvalue weighted by Crippen LogP contribution is 2.26. The van der Waals surface area contributed by atoms with Crippen molar-refractivity contribution in [2.75, 3.05) is 33.3 Å². The van der Waals surface area contributed by atoms with Crippen molar-refractivity contribution in [2.45, 2.75) is 33.2 Å². The molecule has 0 aliphatic carbocycles. The lowest BCUT2D eigenvalue weighted by molar-refractivity contribution is 0.237. The van der Waals surface area contributed by atoms with Crippen molar-refractivity contribution in [3.8, 4) is 17.1 Å². The minimum absolute atomic E-state index is 0.722. The van der Waals surface area contributed by atoms with Crippen LogP contribution in [0.2, 0.25) is 0 Å². The van der Waals surface area contributed by atoms with Crippen molar-refractivity contribution in [2.24, 2.45) is 0 Å². The number of aryl methyl sites for hydroxylation is 1. The first-order chi connectivity index (χ1) is 11.6. The van der Waals surface area contributed by atoms with Crippen molar-refractivity contribution >= 4 is 0 Å². The Morgan fingerprint density at radius 1 is 1.17 bits per heavy atom. The summed E-state index contributed by atoms with van der Waals surface area (Å²) >= 11 is 0. The molecule has 0 bridgehead atoms. The second-order valence-electron chi connectivity index (χ2n) is 6.35. The van der Waals surface area contributed by atoms with Gasteiger partial charge < -0.3 is 15.0 Å². The van der Waals surface area contributed by atoms with Crippen LogP contribution in [0.15, 0.2) is 30.5 Å². The first kappa shape index (κ1) is 18.5. The molecular formula is C19H30N4O. The Labute approximate surface area is 145 Å². The SMILES string of the molecule is CC(C)N1CCCNCC1.COc1ccccc1-c1ncc(C)[nH]1. The molecule has 1 aliphatic heterocycles. The number of nitrogens with one attached hydrogen (secondary N) is 2. The largest absolute Gasteiger partial charge is 0.496 e. The number of benzene rings is 1. The molecule has 0 radical (unpaired) electrons. The van der Waals surface area contributed by atoms with Gasteiger partial charge in [0.15, 0.2) is 0 Å². The van der Waals surface area contributed by atoms with Crippen LogP contribution in [-0.4, -0.2) is 54.2 Å². The van der Waals surface area contributed by atoms with Gasteiger partial charge in [-0.15, -0.1) is 0 Å². The maximum Gasteiger partial charge on any atom is 0.141 e. The summed E-state index contributed by atoms with van der Waals surface area (Å²) < 4.78 is 5.25. The predicted molar refractivity (Wildman–Crippen MR) is 99.5 cm³/mol. The van der Waals surface area contributed by atoms with E-state index < -0.39 is 0 Å². The Morgan fingerprint density at radius 2 is 1.96 bits per heavy atom. The summed E-state index contributed by atoms with van der Waals surface area (Å²) in [5.74, 6) is 1.68. The molecule has 5 heteroatoms. The molecule has 0 atom stereocenters. The zero-order valence-electron chi connectivity index (χ0n) is 15.3. The molecule has 1 aromatic carbocycles. The van der Waals surface area contributed by atoms with Crippen LogP contribution in [0.1, 0.15) is 26.0 Å². The number of hydrogen-bond acceptors (Lipinski definition) is 4. The fourth-order valence-electron chi connectivity index (χ4n) is 2.77. The average Bonchev–Trinajstić information content (AvgIpc) is 2.85. The van der Waals surface area contributed by atoms with Gasteiger partial charge in [-0.2, -0.15) is 0 Å². The number of aromatic nitrogens is 2. The van der Waals surface area contributed by atoms with Gasteiger partial charge in [0.2, 0.25) is 0 Å². The predicted octanol–water partition coefficient (Wildman–Crippen LogP) is 3.08. The molecule has 132 valence electrons. The lowest BCUT2D eigenvalue weighted by atomic mass is 10.2. The molecule has 2 heterocycles. The number of H-pyrrole nitrogens is 1. The van der Waals surface area contributed by atoms with E-state index in [2.05, 4.69) is 34.0 Å². The van der Waals surface area contributed by atoms with E-state index in [9.17, 15) is 0 Å². The first-order valence-electron chi connectivity index (χ1n) is 8.71. The number of nitrogens with zero attached hydrogens (tertiary/aromatic N) is 2. The number of rotatable bonds is 3. The highest BCUT2D eigenvalue weighted by atomic mass is 16.5. The summed E-state index contributed by atoms with van der Waals surface area (Å²) in [7, 11) is 1.66. The summed E-state index contributed by atoms with van der Waals surface area (Å²) in [5, 5.41) is 3.39. The van der Waals surface area contributed by atoms with Crippen LogP contribution in [0.5, 0.6) is 5.75 Å². The van der Waals surface area contributed by atoms with Crippen molar-refractivity contribution in [1.82, 2.24) is 20.2 Å². The van der Waals surface area contributed by atoms with Crippen LogP contribution in [-0.2, 0) is 0 Å². The zero-order valence-corrected chi connectivity index (χ0v) is 15.3.